The van der Waals surface area contributed by atoms with Gasteiger partial charge in [-0.1, -0.05) is 0 Å². The minimum atomic E-state index is -0.151. The van der Waals surface area contributed by atoms with E-state index in [4.69, 9.17) is 4.74 Å². The first-order valence-corrected chi connectivity index (χ1v) is 10.6. The second kappa shape index (κ2) is 7.07. The van der Waals surface area contributed by atoms with E-state index in [2.05, 4.69) is 0 Å². The Kier molecular flexibility index (Phi) is 4.54. The average Bonchev–Trinajstić information content (AvgIpc) is 2.73. The highest BCUT2D eigenvalue weighted by Gasteiger charge is 2.49. The maximum absolute atomic E-state index is 13.3. The van der Waals surface area contributed by atoms with Crippen LogP contribution in [0.1, 0.15) is 48.0 Å². The molecule has 0 saturated carbocycles. The lowest BCUT2D eigenvalue weighted by Crippen LogP contribution is -2.66. The van der Waals surface area contributed by atoms with Crippen LogP contribution in [0, 0.1) is 11.8 Å². The van der Waals surface area contributed by atoms with Gasteiger partial charge < -0.3 is 19.6 Å². The Morgan fingerprint density at radius 1 is 1.18 bits per heavy atom. The first-order valence-electron chi connectivity index (χ1n) is 10.6. The van der Waals surface area contributed by atoms with Crippen molar-refractivity contribution < 1.29 is 19.4 Å². The number of amides is 2. The van der Waals surface area contributed by atoms with Crippen molar-refractivity contribution in [1.29, 1.82) is 0 Å². The number of piperidine rings is 3. The van der Waals surface area contributed by atoms with Gasteiger partial charge in [-0.05, 0) is 67.7 Å². The molecule has 1 N–H and O–H groups in total. The summed E-state index contributed by atoms with van der Waals surface area (Å²) in [5.74, 6) is 1.62. The van der Waals surface area contributed by atoms with Gasteiger partial charge in [-0.25, -0.2) is 0 Å². The Bertz CT molecular complexity index is 781. The fourth-order valence-corrected chi connectivity index (χ4v) is 5.85. The van der Waals surface area contributed by atoms with Crippen LogP contribution in [0.5, 0.6) is 5.75 Å². The number of carbonyl (C=O) groups is 2. The number of benzene rings is 1. The first-order chi connectivity index (χ1) is 13.7. The first kappa shape index (κ1) is 18.0. The number of nitrogens with zero attached hydrogens (tertiary/aromatic N) is 2. The summed E-state index contributed by atoms with van der Waals surface area (Å²) in [6, 6.07) is 5.80. The Morgan fingerprint density at radius 3 is 2.89 bits per heavy atom. The summed E-state index contributed by atoms with van der Waals surface area (Å²) in [4.78, 5) is 29.7. The summed E-state index contributed by atoms with van der Waals surface area (Å²) in [5, 5.41) is 10.0. The Labute approximate surface area is 165 Å². The minimum Gasteiger partial charge on any atom is -0.493 e. The second-order valence-electron chi connectivity index (χ2n) is 8.75. The van der Waals surface area contributed by atoms with Gasteiger partial charge in [0.05, 0.1) is 19.3 Å². The van der Waals surface area contributed by atoms with E-state index < -0.39 is 0 Å². The molecule has 4 aliphatic heterocycles. The molecule has 0 unspecified atom stereocenters. The van der Waals surface area contributed by atoms with Crippen molar-refractivity contribution in [2.75, 3.05) is 26.3 Å². The molecule has 150 valence electrons. The molecule has 0 aromatic heterocycles. The summed E-state index contributed by atoms with van der Waals surface area (Å²) >= 11 is 0. The van der Waals surface area contributed by atoms with Crippen LogP contribution in [-0.2, 0) is 11.2 Å². The van der Waals surface area contributed by atoms with Gasteiger partial charge in [-0.3, -0.25) is 9.59 Å². The minimum absolute atomic E-state index is 0.0160. The molecule has 4 atom stereocenters. The van der Waals surface area contributed by atoms with E-state index in [1.807, 2.05) is 28.0 Å². The maximum atomic E-state index is 13.3. The van der Waals surface area contributed by atoms with Gasteiger partial charge in [-0.15, -0.1) is 0 Å². The molecule has 1 aromatic rings. The van der Waals surface area contributed by atoms with Crippen molar-refractivity contribution in [3.8, 4) is 5.75 Å². The molecule has 1 aromatic carbocycles. The third-order valence-corrected chi connectivity index (χ3v) is 7.13. The van der Waals surface area contributed by atoms with Gasteiger partial charge in [0, 0.05) is 31.1 Å². The van der Waals surface area contributed by atoms with Crippen LogP contribution in [0.25, 0.3) is 0 Å². The molecule has 6 heteroatoms. The molecule has 0 spiro atoms. The molecule has 28 heavy (non-hydrogen) atoms. The van der Waals surface area contributed by atoms with Gasteiger partial charge in [0.1, 0.15) is 5.75 Å². The zero-order chi connectivity index (χ0) is 19.3. The molecule has 3 fully saturated rings. The summed E-state index contributed by atoms with van der Waals surface area (Å²) in [7, 11) is 0. The molecule has 3 saturated heterocycles. The largest absolute Gasteiger partial charge is 0.493 e. The van der Waals surface area contributed by atoms with E-state index in [1.165, 1.54) is 0 Å². The summed E-state index contributed by atoms with van der Waals surface area (Å²) in [6.45, 7) is 2.05. The quantitative estimate of drug-likeness (QED) is 0.845. The fraction of sp³-hybridized carbons (Fsp3) is 0.636. The Hall–Kier alpha value is -2.08. The second-order valence-corrected chi connectivity index (χ2v) is 8.75. The third kappa shape index (κ3) is 2.89. The number of likely N-dealkylation sites (tertiary alicyclic amines) is 1. The summed E-state index contributed by atoms with van der Waals surface area (Å²) in [5.41, 5.74) is 1.84. The molecular weight excluding hydrogens is 356 g/mol. The van der Waals surface area contributed by atoms with Gasteiger partial charge >= 0.3 is 0 Å². The molecule has 0 aliphatic carbocycles. The van der Waals surface area contributed by atoms with Crippen LogP contribution in [0.4, 0.5) is 0 Å². The number of aliphatic hydroxyl groups is 1. The lowest BCUT2D eigenvalue weighted by atomic mass is 9.72. The molecular formula is C22H28N2O4. The molecule has 6 nitrogen and oxygen atoms in total. The number of aryl methyl sites for hydroxylation is 1. The SMILES string of the molecule is O=C(c1ccc2c(c1)CCCO2)N1C[C@H]2C[C@@H](C1)[C@H](CO)N1C(=O)CCC[C@@H]21. The smallest absolute Gasteiger partial charge is 0.253 e. The van der Waals surface area contributed by atoms with Crippen LogP contribution in [0.3, 0.4) is 0 Å². The summed E-state index contributed by atoms with van der Waals surface area (Å²) in [6.07, 6.45) is 5.43. The lowest BCUT2D eigenvalue weighted by molar-refractivity contribution is -0.154. The van der Waals surface area contributed by atoms with Crippen molar-refractivity contribution in [2.45, 2.75) is 50.6 Å². The highest BCUT2D eigenvalue weighted by Crippen LogP contribution is 2.41. The van der Waals surface area contributed by atoms with Crippen molar-refractivity contribution >= 4 is 11.8 Å². The average molecular weight is 384 g/mol. The molecule has 4 heterocycles. The van der Waals surface area contributed by atoms with E-state index in [0.717, 1.165) is 55.6 Å². The summed E-state index contributed by atoms with van der Waals surface area (Å²) < 4.78 is 5.67. The zero-order valence-electron chi connectivity index (χ0n) is 16.2. The third-order valence-electron chi connectivity index (χ3n) is 7.13. The van der Waals surface area contributed by atoms with Crippen LogP contribution >= 0.6 is 0 Å². The number of rotatable bonds is 2. The zero-order valence-corrected chi connectivity index (χ0v) is 16.2. The lowest BCUT2D eigenvalue weighted by Gasteiger charge is -2.56. The van der Waals surface area contributed by atoms with E-state index in [1.54, 1.807) is 0 Å². The van der Waals surface area contributed by atoms with Crippen molar-refractivity contribution in [3.05, 3.63) is 29.3 Å². The Balaban J connectivity index is 1.39. The van der Waals surface area contributed by atoms with Crippen LogP contribution in [0.2, 0.25) is 0 Å². The van der Waals surface area contributed by atoms with E-state index >= 15 is 0 Å². The van der Waals surface area contributed by atoms with Gasteiger partial charge in [0.15, 0.2) is 0 Å². The van der Waals surface area contributed by atoms with Gasteiger partial charge in [0.2, 0.25) is 5.91 Å². The highest BCUT2D eigenvalue weighted by atomic mass is 16.5. The van der Waals surface area contributed by atoms with Crippen molar-refractivity contribution in [1.82, 2.24) is 9.80 Å². The fourth-order valence-electron chi connectivity index (χ4n) is 5.85. The van der Waals surface area contributed by atoms with Crippen LogP contribution in [-0.4, -0.2) is 65.1 Å². The number of ether oxygens (including phenoxy) is 1. The van der Waals surface area contributed by atoms with Crippen LogP contribution < -0.4 is 4.74 Å². The molecule has 4 aliphatic rings. The Morgan fingerprint density at radius 2 is 2.04 bits per heavy atom. The van der Waals surface area contributed by atoms with Crippen molar-refractivity contribution in [3.63, 3.8) is 0 Å². The topological polar surface area (TPSA) is 70.1 Å². The number of carbonyl (C=O) groups excluding carboxylic acids is 2. The highest BCUT2D eigenvalue weighted by molar-refractivity contribution is 5.94. The molecule has 0 radical (unpaired) electrons. The van der Waals surface area contributed by atoms with Crippen LogP contribution in [0.15, 0.2) is 18.2 Å². The standard InChI is InChI=1S/C22H28N2O4/c25-13-19-17-10-16(18-4-1-5-21(26)24(18)19)11-23(12-17)22(27)15-6-7-20-14(9-15)3-2-8-28-20/h6-7,9,16-19,25H,1-5,8,10-13H2/t16-,17+,18+,19+/m1/s1. The molecule has 2 bridgehead atoms. The van der Waals surface area contributed by atoms with Gasteiger partial charge in [-0.2, -0.15) is 0 Å². The predicted molar refractivity (Wildman–Crippen MR) is 103 cm³/mol. The predicted octanol–water partition coefficient (Wildman–Crippen LogP) is 1.85. The monoisotopic (exact) mass is 384 g/mol. The van der Waals surface area contributed by atoms with E-state index in [-0.39, 0.29) is 36.4 Å². The maximum Gasteiger partial charge on any atom is 0.253 e. The van der Waals surface area contributed by atoms with Gasteiger partial charge in [0.25, 0.3) is 5.91 Å². The number of hydrogen-bond donors (Lipinski definition) is 1. The number of aliphatic hydroxyl groups excluding tert-OH is 1. The normalized spacial score (nSPS) is 31.7. The van der Waals surface area contributed by atoms with E-state index in [9.17, 15) is 14.7 Å². The number of fused-ring (bicyclic) bond motifs is 5. The molecule has 5 rings (SSSR count). The molecule has 2 amide bonds. The number of hydrogen-bond acceptors (Lipinski definition) is 4. The van der Waals surface area contributed by atoms with Crippen molar-refractivity contribution in [2.24, 2.45) is 11.8 Å². The van der Waals surface area contributed by atoms with E-state index in [0.29, 0.717) is 25.4 Å².